The summed E-state index contributed by atoms with van der Waals surface area (Å²) in [6.45, 7) is 6.99. The summed E-state index contributed by atoms with van der Waals surface area (Å²) in [7, 11) is 0. The number of aliphatic hydroxyl groups is 1. The van der Waals surface area contributed by atoms with Crippen LogP contribution in [0.1, 0.15) is 6.92 Å². The molecule has 1 heteroatoms. The Morgan fingerprint density at radius 1 is 2.00 bits per heavy atom. The van der Waals surface area contributed by atoms with E-state index in [0.717, 1.165) is 0 Å². The van der Waals surface area contributed by atoms with E-state index < -0.39 is 0 Å². The second-order valence-corrected chi connectivity index (χ2v) is 1.35. The van der Waals surface area contributed by atoms with Gasteiger partial charge in [-0.25, -0.2) is 0 Å². The smallest absolute Gasteiger partial charge is 0.0491 e. The second-order valence-electron chi connectivity index (χ2n) is 1.35. The van der Waals surface area contributed by atoms with Crippen molar-refractivity contribution in [1.82, 2.24) is 0 Å². The molecule has 0 aromatic heterocycles. The van der Waals surface area contributed by atoms with Gasteiger partial charge in [-0.05, 0) is 5.92 Å². The van der Waals surface area contributed by atoms with Crippen LogP contribution in [0.3, 0.4) is 0 Å². The molecular formula is C5H9O. The Bertz CT molecular complexity index is 41.2. The molecule has 0 aliphatic heterocycles. The van der Waals surface area contributed by atoms with Crippen LogP contribution in [0.25, 0.3) is 0 Å². The fourth-order valence-electron chi connectivity index (χ4n) is 0.0609. The molecule has 0 aromatic carbocycles. The van der Waals surface area contributed by atoms with Gasteiger partial charge in [-0.2, -0.15) is 0 Å². The molecule has 0 aliphatic carbocycles. The van der Waals surface area contributed by atoms with Crippen molar-refractivity contribution in [2.75, 3.05) is 6.61 Å². The summed E-state index contributed by atoms with van der Waals surface area (Å²) in [5.74, 6) is 0.144. The minimum atomic E-state index is 0.144. The summed E-state index contributed by atoms with van der Waals surface area (Å²) in [5, 5.41) is 8.22. The highest BCUT2D eigenvalue weighted by Crippen LogP contribution is 1.88. The third-order valence-corrected chi connectivity index (χ3v) is 0.617. The van der Waals surface area contributed by atoms with Gasteiger partial charge in [0.15, 0.2) is 0 Å². The molecule has 0 heterocycles. The Labute approximate surface area is 38.3 Å². The van der Waals surface area contributed by atoms with E-state index in [1.165, 1.54) is 6.08 Å². The zero-order chi connectivity index (χ0) is 4.99. The van der Waals surface area contributed by atoms with Crippen LogP contribution >= 0.6 is 0 Å². The molecule has 0 saturated carbocycles. The lowest BCUT2D eigenvalue weighted by atomic mass is 10.2. The molecule has 0 aromatic rings. The van der Waals surface area contributed by atoms with E-state index in [4.69, 9.17) is 11.7 Å². The highest BCUT2D eigenvalue weighted by molar-refractivity contribution is 4.69. The molecule has 6 heavy (non-hydrogen) atoms. The van der Waals surface area contributed by atoms with Crippen LogP contribution in [-0.4, -0.2) is 11.7 Å². The Balaban J connectivity index is 2.96. The summed E-state index contributed by atoms with van der Waals surface area (Å²) in [5.41, 5.74) is 0. The molecule has 0 spiro atoms. The maximum atomic E-state index is 8.22. The Morgan fingerprint density at radius 3 is 2.50 bits per heavy atom. The van der Waals surface area contributed by atoms with E-state index in [1.54, 1.807) is 0 Å². The SMILES string of the molecule is [CH]=CC(C)CO. The van der Waals surface area contributed by atoms with Crippen molar-refractivity contribution < 1.29 is 5.11 Å². The van der Waals surface area contributed by atoms with Crippen LogP contribution in [0.4, 0.5) is 0 Å². The lowest BCUT2D eigenvalue weighted by molar-refractivity contribution is 0.262. The average Bonchev–Trinajstić information content (AvgIpc) is 1.65. The number of aliphatic hydroxyl groups excluding tert-OH is 1. The van der Waals surface area contributed by atoms with Gasteiger partial charge in [0.05, 0.1) is 0 Å². The number of hydrogen-bond donors (Lipinski definition) is 1. The van der Waals surface area contributed by atoms with Gasteiger partial charge in [-0.3, -0.25) is 0 Å². The molecule has 0 saturated heterocycles. The molecule has 1 nitrogen and oxygen atoms in total. The van der Waals surface area contributed by atoms with Crippen molar-refractivity contribution in [2.45, 2.75) is 6.92 Å². The molecule has 0 aliphatic rings. The molecule has 1 unspecified atom stereocenters. The predicted molar refractivity (Wildman–Crippen MR) is 25.1 cm³/mol. The van der Waals surface area contributed by atoms with Crippen LogP contribution in [0.15, 0.2) is 6.08 Å². The summed E-state index contributed by atoms with van der Waals surface area (Å²) < 4.78 is 0. The van der Waals surface area contributed by atoms with Crippen LogP contribution in [0, 0.1) is 12.5 Å². The summed E-state index contributed by atoms with van der Waals surface area (Å²) in [4.78, 5) is 0. The fourth-order valence-corrected chi connectivity index (χ4v) is 0.0609. The first kappa shape index (κ1) is 5.70. The minimum absolute atomic E-state index is 0.144. The molecule has 35 valence electrons. The Kier molecular flexibility index (Phi) is 2.77. The lowest BCUT2D eigenvalue weighted by Gasteiger charge is -1.93. The summed E-state index contributed by atoms with van der Waals surface area (Å²) in [6.07, 6.45) is 1.47. The Hall–Kier alpha value is -0.300. The normalized spacial score (nSPS) is 13.7. The largest absolute Gasteiger partial charge is 0.396 e. The van der Waals surface area contributed by atoms with E-state index >= 15 is 0 Å². The highest BCUT2D eigenvalue weighted by atomic mass is 16.3. The van der Waals surface area contributed by atoms with Crippen molar-refractivity contribution in [3.05, 3.63) is 12.7 Å². The third-order valence-electron chi connectivity index (χ3n) is 0.617. The van der Waals surface area contributed by atoms with Crippen LogP contribution in [-0.2, 0) is 0 Å². The molecule has 0 fully saturated rings. The topological polar surface area (TPSA) is 20.2 Å². The van der Waals surface area contributed by atoms with Gasteiger partial charge in [-0.1, -0.05) is 19.6 Å². The van der Waals surface area contributed by atoms with Crippen molar-refractivity contribution in [2.24, 2.45) is 5.92 Å². The first-order valence-electron chi connectivity index (χ1n) is 1.97. The van der Waals surface area contributed by atoms with Crippen LogP contribution in [0.5, 0.6) is 0 Å². The van der Waals surface area contributed by atoms with E-state index in [0.29, 0.717) is 0 Å². The zero-order valence-electron chi connectivity index (χ0n) is 3.89. The first-order valence-corrected chi connectivity index (χ1v) is 1.97. The zero-order valence-corrected chi connectivity index (χ0v) is 3.89. The molecule has 1 radical (unpaired) electrons. The predicted octanol–water partition coefficient (Wildman–Crippen LogP) is 0.604. The van der Waals surface area contributed by atoms with Crippen molar-refractivity contribution in [1.29, 1.82) is 0 Å². The lowest BCUT2D eigenvalue weighted by Crippen LogP contribution is -1.93. The van der Waals surface area contributed by atoms with Gasteiger partial charge in [-0.15, -0.1) is 0 Å². The monoisotopic (exact) mass is 85.1 g/mol. The van der Waals surface area contributed by atoms with Gasteiger partial charge < -0.3 is 5.11 Å². The van der Waals surface area contributed by atoms with E-state index in [-0.39, 0.29) is 12.5 Å². The molecule has 0 bridgehead atoms. The first-order chi connectivity index (χ1) is 2.81. The van der Waals surface area contributed by atoms with Gasteiger partial charge in [0.25, 0.3) is 0 Å². The minimum Gasteiger partial charge on any atom is -0.396 e. The third kappa shape index (κ3) is 1.97. The molecule has 0 rings (SSSR count). The quantitative estimate of drug-likeness (QED) is 0.520. The molecule has 1 N–H and O–H groups in total. The summed E-state index contributed by atoms with van der Waals surface area (Å²) >= 11 is 0. The van der Waals surface area contributed by atoms with Gasteiger partial charge in [0, 0.05) is 6.61 Å². The average molecular weight is 85.1 g/mol. The van der Waals surface area contributed by atoms with Crippen molar-refractivity contribution in [3.8, 4) is 0 Å². The van der Waals surface area contributed by atoms with Gasteiger partial charge in [0.2, 0.25) is 0 Å². The van der Waals surface area contributed by atoms with Gasteiger partial charge in [0.1, 0.15) is 0 Å². The number of rotatable bonds is 2. The maximum absolute atomic E-state index is 8.22. The molecule has 1 atom stereocenters. The second kappa shape index (κ2) is 2.91. The fraction of sp³-hybridized carbons (Fsp3) is 0.600. The number of hydrogen-bond acceptors (Lipinski definition) is 1. The molecule has 0 amide bonds. The standard InChI is InChI=1S/C5H9O/c1-3-5(2)4-6/h1,3,5-6H,4H2,2H3. The van der Waals surface area contributed by atoms with Crippen molar-refractivity contribution >= 4 is 0 Å². The highest BCUT2D eigenvalue weighted by Gasteiger charge is 1.86. The maximum Gasteiger partial charge on any atom is 0.0491 e. The molecular weight excluding hydrogens is 76.1 g/mol. The van der Waals surface area contributed by atoms with Gasteiger partial charge >= 0.3 is 0 Å². The van der Waals surface area contributed by atoms with Crippen molar-refractivity contribution in [3.63, 3.8) is 0 Å². The van der Waals surface area contributed by atoms with Crippen LogP contribution in [0.2, 0.25) is 0 Å². The Morgan fingerprint density at radius 2 is 2.50 bits per heavy atom. The van der Waals surface area contributed by atoms with E-state index in [9.17, 15) is 0 Å². The van der Waals surface area contributed by atoms with E-state index in [1.807, 2.05) is 6.92 Å². The van der Waals surface area contributed by atoms with Crippen LogP contribution < -0.4 is 0 Å². The summed E-state index contributed by atoms with van der Waals surface area (Å²) in [6, 6.07) is 0. The van der Waals surface area contributed by atoms with E-state index in [2.05, 4.69) is 0 Å².